The molecule has 0 aliphatic carbocycles. The summed E-state index contributed by atoms with van der Waals surface area (Å²) in [5.74, 6) is -0.0787. The zero-order valence-corrected chi connectivity index (χ0v) is 9.37. The molecule has 0 saturated carbocycles. The van der Waals surface area contributed by atoms with Crippen LogP contribution >= 0.6 is 11.8 Å². The maximum atomic E-state index is 8.46. The summed E-state index contributed by atoms with van der Waals surface area (Å²) < 4.78 is 0. The lowest BCUT2D eigenvalue weighted by Gasteiger charge is -1.99. The van der Waals surface area contributed by atoms with Gasteiger partial charge >= 0.3 is 0 Å². The van der Waals surface area contributed by atoms with E-state index in [1.165, 1.54) is 24.2 Å². The Balaban J connectivity index is 2.14. The molecular weight excluding hydrogens is 240 g/mol. The van der Waals surface area contributed by atoms with Crippen molar-refractivity contribution in [1.29, 1.82) is 0 Å². The van der Waals surface area contributed by atoms with E-state index in [2.05, 4.69) is 25.1 Å². The molecule has 17 heavy (non-hydrogen) atoms. The first-order chi connectivity index (χ1) is 8.29. The molecule has 0 aliphatic rings. The summed E-state index contributed by atoms with van der Waals surface area (Å²) in [6.07, 6.45) is 6.22. The standard InChI is InChI=1S/C9H8N6OS/c10-8(15-16)6-4-14-7(5-13-6)17-9-11-2-1-3-12-9/h1-5,16H,(H2,10,15). The lowest BCUT2D eigenvalue weighted by atomic mass is 10.4. The average Bonchev–Trinajstić information content (AvgIpc) is 2.40. The lowest BCUT2D eigenvalue weighted by Crippen LogP contribution is -2.15. The number of aromatic nitrogens is 4. The minimum absolute atomic E-state index is 0.0787. The molecule has 0 atom stereocenters. The van der Waals surface area contributed by atoms with E-state index in [9.17, 15) is 0 Å². The maximum Gasteiger partial charge on any atom is 0.193 e. The molecule has 2 heterocycles. The highest BCUT2D eigenvalue weighted by Crippen LogP contribution is 2.20. The van der Waals surface area contributed by atoms with Crippen molar-refractivity contribution < 1.29 is 5.21 Å². The third-order valence-electron chi connectivity index (χ3n) is 1.74. The summed E-state index contributed by atoms with van der Waals surface area (Å²) >= 11 is 1.28. The van der Waals surface area contributed by atoms with Gasteiger partial charge in [0.25, 0.3) is 0 Å². The van der Waals surface area contributed by atoms with Crippen molar-refractivity contribution in [3.63, 3.8) is 0 Å². The Morgan fingerprint density at radius 3 is 2.53 bits per heavy atom. The van der Waals surface area contributed by atoms with Gasteiger partial charge in [0.05, 0.1) is 12.4 Å². The largest absolute Gasteiger partial charge is 0.409 e. The van der Waals surface area contributed by atoms with Crippen molar-refractivity contribution in [1.82, 2.24) is 19.9 Å². The Kier molecular flexibility index (Phi) is 3.46. The first-order valence-electron chi connectivity index (χ1n) is 4.54. The van der Waals surface area contributed by atoms with Gasteiger partial charge in [-0.1, -0.05) is 5.16 Å². The third-order valence-corrected chi connectivity index (χ3v) is 2.55. The Labute approximate surface area is 101 Å². The number of nitrogens with zero attached hydrogens (tertiary/aromatic N) is 5. The van der Waals surface area contributed by atoms with Crippen molar-refractivity contribution in [3.8, 4) is 0 Å². The van der Waals surface area contributed by atoms with Gasteiger partial charge in [0.2, 0.25) is 0 Å². The van der Waals surface area contributed by atoms with Gasteiger partial charge in [0, 0.05) is 12.4 Å². The monoisotopic (exact) mass is 248 g/mol. The molecule has 0 spiro atoms. The van der Waals surface area contributed by atoms with Crippen molar-refractivity contribution in [2.45, 2.75) is 10.2 Å². The highest BCUT2D eigenvalue weighted by Gasteiger charge is 2.04. The second-order valence-corrected chi connectivity index (χ2v) is 3.85. The number of hydrogen-bond acceptors (Lipinski definition) is 7. The van der Waals surface area contributed by atoms with Crippen LogP contribution in [0.1, 0.15) is 5.69 Å². The van der Waals surface area contributed by atoms with Crippen LogP contribution in [-0.2, 0) is 0 Å². The Bertz CT molecular complexity index is 515. The maximum absolute atomic E-state index is 8.46. The predicted molar refractivity (Wildman–Crippen MR) is 60.7 cm³/mol. The molecule has 0 fully saturated rings. The van der Waals surface area contributed by atoms with Crippen LogP contribution in [0.2, 0.25) is 0 Å². The summed E-state index contributed by atoms with van der Waals surface area (Å²) in [6.45, 7) is 0. The topological polar surface area (TPSA) is 110 Å². The molecule has 0 amide bonds. The smallest absolute Gasteiger partial charge is 0.193 e. The van der Waals surface area contributed by atoms with E-state index < -0.39 is 0 Å². The highest BCUT2D eigenvalue weighted by atomic mass is 32.2. The summed E-state index contributed by atoms with van der Waals surface area (Å²) in [6, 6.07) is 1.73. The Hall–Kier alpha value is -2.22. The van der Waals surface area contributed by atoms with E-state index >= 15 is 0 Å². The highest BCUT2D eigenvalue weighted by molar-refractivity contribution is 7.99. The van der Waals surface area contributed by atoms with Crippen LogP contribution < -0.4 is 5.73 Å². The fourth-order valence-electron chi connectivity index (χ4n) is 0.984. The van der Waals surface area contributed by atoms with E-state index in [0.717, 1.165) is 0 Å². The molecule has 86 valence electrons. The van der Waals surface area contributed by atoms with E-state index in [4.69, 9.17) is 10.9 Å². The molecular formula is C9H8N6OS. The molecule has 2 aromatic heterocycles. The van der Waals surface area contributed by atoms with Gasteiger partial charge < -0.3 is 10.9 Å². The van der Waals surface area contributed by atoms with Crippen molar-refractivity contribution in [2.24, 2.45) is 10.9 Å². The molecule has 0 radical (unpaired) electrons. The van der Waals surface area contributed by atoms with Crippen LogP contribution in [0.15, 0.2) is 46.2 Å². The normalized spacial score (nSPS) is 11.4. The van der Waals surface area contributed by atoms with Gasteiger partial charge in [0.1, 0.15) is 10.7 Å². The molecule has 2 aromatic rings. The SMILES string of the molecule is NC(=NO)c1cnc(Sc2ncccn2)cn1. The number of oxime groups is 1. The van der Waals surface area contributed by atoms with Gasteiger partial charge in [-0.2, -0.15) is 0 Å². The first kappa shape index (κ1) is 11.3. The molecule has 0 saturated heterocycles. The summed E-state index contributed by atoms with van der Waals surface area (Å²) in [7, 11) is 0. The molecule has 8 heteroatoms. The third kappa shape index (κ3) is 2.88. The van der Waals surface area contributed by atoms with Crippen LogP contribution in [0.3, 0.4) is 0 Å². The van der Waals surface area contributed by atoms with Crippen LogP contribution in [-0.4, -0.2) is 31.0 Å². The zero-order chi connectivity index (χ0) is 12.1. The minimum Gasteiger partial charge on any atom is -0.409 e. The van der Waals surface area contributed by atoms with E-state index in [0.29, 0.717) is 15.9 Å². The van der Waals surface area contributed by atoms with Gasteiger partial charge in [0.15, 0.2) is 11.0 Å². The van der Waals surface area contributed by atoms with Crippen molar-refractivity contribution in [3.05, 3.63) is 36.5 Å². The molecule has 0 bridgehead atoms. The number of rotatable bonds is 3. The van der Waals surface area contributed by atoms with Crippen LogP contribution in [0.4, 0.5) is 0 Å². The van der Waals surface area contributed by atoms with Gasteiger partial charge in [-0.25, -0.2) is 19.9 Å². The van der Waals surface area contributed by atoms with E-state index in [1.54, 1.807) is 18.5 Å². The average molecular weight is 248 g/mol. The predicted octanol–water partition coefficient (Wildman–Crippen LogP) is 0.512. The Morgan fingerprint density at radius 2 is 1.94 bits per heavy atom. The second-order valence-electron chi connectivity index (χ2n) is 2.86. The summed E-state index contributed by atoms with van der Waals surface area (Å²) in [5, 5.41) is 12.5. The molecule has 7 nitrogen and oxygen atoms in total. The van der Waals surface area contributed by atoms with E-state index in [1.807, 2.05) is 0 Å². The summed E-state index contributed by atoms with van der Waals surface area (Å²) in [4.78, 5) is 16.2. The molecule has 0 aromatic carbocycles. The molecule has 0 aliphatic heterocycles. The molecule has 0 unspecified atom stereocenters. The number of nitrogens with two attached hydrogens (primary N) is 1. The van der Waals surface area contributed by atoms with Gasteiger partial charge in [-0.3, -0.25) is 0 Å². The quantitative estimate of drug-likeness (QED) is 0.268. The fourth-order valence-corrected chi connectivity index (χ4v) is 1.61. The first-order valence-corrected chi connectivity index (χ1v) is 5.36. The van der Waals surface area contributed by atoms with Crippen molar-refractivity contribution >= 4 is 17.6 Å². The van der Waals surface area contributed by atoms with Crippen LogP contribution in [0.25, 0.3) is 0 Å². The van der Waals surface area contributed by atoms with E-state index in [-0.39, 0.29) is 5.84 Å². The Morgan fingerprint density at radius 1 is 1.18 bits per heavy atom. The lowest BCUT2D eigenvalue weighted by molar-refractivity contribution is 0.318. The number of amidine groups is 1. The van der Waals surface area contributed by atoms with Crippen molar-refractivity contribution in [2.75, 3.05) is 0 Å². The zero-order valence-electron chi connectivity index (χ0n) is 8.56. The molecule has 3 N–H and O–H groups in total. The second kappa shape index (κ2) is 5.21. The van der Waals surface area contributed by atoms with Gasteiger partial charge in [-0.15, -0.1) is 0 Å². The summed E-state index contributed by atoms with van der Waals surface area (Å²) in [5.41, 5.74) is 5.67. The van der Waals surface area contributed by atoms with Gasteiger partial charge in [-0.05, 0) is 17.8 Å². The van der Waals surface area contributed by atoms with Crippen LogP contribution in [0, 0.1) is 0 Å². The van der Waals surface area contributed by atoms with Crippen LogP contribution in [0.5, 0.6) is 0 Å². The molecule has 2 rings (SSSR count). The fraction of sp³-hybridized carbons (Fsp3) is 0. The minimum atomic E-state index is -0.0787. The number of hydrogen-bond donors (Lipinski definition) is 2.